The minimum atomic E-state index is -0.329. The molecule has 0 unspecified atom stereocenters. The van der Waals surface area contributed by atoms with Crippen molar-refractivity contribution in [3.63, 3.8) is 0 Å². The van der Waals surface area contributed by atoms with Gasteiger partial charge in [-0.25, -0.2) is 0 Å². The molecular formula is C15H22N2O2. The lowest BCUT2D eigenvalue weighted by Gasteiger charge is -2.36. The van der Waals surface area contributed by atoms with Gasteiger partial charge in [0, 0.05) is 31.6 Å². The Bertz CT molecular complexity index is 411. The number of hydrogen-bond acceptors (Lipinski definition) is 3. The molecular weight excluding hydrogens is 240 g/mol. The zero-order valence-electron chi connectivity index (χ0n) is 11.7. The molecule has 0 spiro atoms. The molecule has 4 nitrogen and oxygen atoms in total. The maximum atomic E-state index is 12.6. The molecule has 0 aromatic carbocycles. The molecule has 1 N–H and O–H groups in total. The normalized spacial score (nSPS) is 18.3. The van der Waals surface area contributed by atoms with Crippen molar-refractivity contribution < 1.29 is 9.53 Å². The van der Waals surface area contributed by atoms with Crippen LogP contribution < -0.4 is 5.32 Å². The van der Waals surface area contributed by atoms with Crippen LogP contribution in [0.2, 0.25) is 0 Å². The number of nitrogens with one attached hydrogen (secondary N) is 1. The van der Waals surface area contributed by atoms with Gasteiger partial charge in [-0.15, -0.1) is 0 Å². The predicted octanol–water partition coefficient (Wildman–Crippen LogP) is 1.95. The van der Waals surface area contributed by atoms with Gasteiger partial charge in [-0.05, 0) is 50.8 Å². The second-order valence-corrected chi connectivity index (χ2v) is 5.55. The van der Waals surface area contributed by atoms with Crippen molar-refractivity contribution in [1.29, 1.82) is 0 Å². The van der Waals surface area contributed by atoms with Gasteiger partial charge in [-0.2, -0.15) is 0 Å². The van der Waals surface area contributed by atoms with E-state index in [9.17, 15) is 4.79 Å². The van der Waals surface area contributed by atoms with Crippen molar-refractivity contribution in [1.82, 2.24) is 10.3 Å². The highest BCUT2D eigenvalue weighted by molar-refractivity contribution is 5.83. The van der Waals surface area contributed by atoms with Gasteiger partial charge >= 0.3 is 0 Å². The molecule has 0 atom stereocenters. The van der Waals surface area contributed by atoms with Crippen LogP contribution in [-0.2, 0) is 16.0 Å². The summed E-state index contributed by atoms with van der Waals surface area (Å²) < 4.78 is 5.43. The van der Waals surface area contributed by atoms with E-state index >= 15 is 0 Å². The van der Waals surface area contributed by atoms with Gasteiger partial charge in [0.2, 0.25) is 5.91 Å². The number of nitrogens with zero attached hydrogens (tertiary/aromatic N) is 1. The second-order valence-electron chi connectivity index (χ2n) is 5.55. The van der Waals surface area contributed by atoms with Gasteiger partial charge < -0.3 is 10.1 Å². The quantitative estimate of drug-likeness (QED) is 0.902. The number of amides is 1. The molecule has 0 radical (unpaired) electrons. The summed E-state index contributed by atoms with van der Waals surface area (Å²) in [4.78, 5) is 16.6. The Morgan fingerprint density at radius 1 is 1.37 bits per heavy atom. The molecule has 1 amide bonds. The van der Waals surface area contributed by atoms with E-state index in [-0.39, 0.29) is 17.4 Å². The Labute approximate surface area is 114 Å². The standard InChI is InChI=1S/C15H22N2O2/c1-12(2)17-14(18)15(5-9-19-10-6-15)11-13-3-7-16-8-4-13/h3-4,7-8,12H,5-6,9-11H2,1-2H3,(H,17,18). The van der Waals surface area contributed by atoms with Crippen LogP contribution in [0.4, 0.5) is 0 Å². The summed E-state index contributed by atoms with van der Waals surface area (Å²) in [6, 6.07) is 4.14. The SMILES string of the molecule is CC(C)NC(=O)C1(Cc2ccncc2)CCOCC1. The van der Waals surface area contributed by atoms with Gasteiger partial charge in [-0.3, -0.25) is 9.78 Å². The third-order valence-corrected chi connectivity index (χ3v) is 3.64. The average Bonchev–Trinajstić information content (AvgIpc) is 2.40. The third-order valence-electron chi connectivity index (χ3n) is 3.64. The van der Waals surface area contributed by atoms with Crippen LogP contribution in [0.5, 0.6) is 0 Å². The van der Waals surface area contributed by atoms with Crippen LogP contribution >= 0.6 is 0 Å². The van der Waals surface area contributed by atoms with Gasteiger partial charge in [0.25, 0.3) is 0 Å². The van der Waals surface area contributed by atoms with E-state index in [1.54, 1.807) is 12.4 Å². The molecule has 19 heavy (non-hydrogen) atoms. The first-order valence-corrected chi connectivity index (χ1v) is 6.90. The lowest BCUT2D eigenvalue weighted by molar-refractivity contribution is -0.137. The Hall–Kier alpha value is -1.42. The number of carbonyl (C=O) groups is 1. The molecule has 0 saturated carbocycles. The number of carbonyl (C=O) groups excluding carboxylic acids is 1. The van der Waals surface area contributed by atoms with Crippen LogP contribution in [0.3, 0.4) is 0 Å². The van der Waals surface area contributed by atoms with Crippen molar-refractivity contribution in [2.24, 2.45) is 5.41 Å². The molecule has 104 valence electrons. The Kier molecular flexibility index (Phi) is 4.53. The van der Waals surface area contributed by atoms with Crippen LogP contribution in [0.1, 0.15) is 32.3 Å². The summed E-state index contributed by atoms with van der Waals surface area (Å²) in [6.07, 6.45) is 5.89. The van der Waals surface area contributed by atoms with E-state index in [1.807, 2.05) is 26.0 Å². The number of hydrogen-bond donors (Lipinski definition) is 1. The zero-order valence-corrected chi connectivity index (χ0v) is 11.7. The third kappa shape index (κ3) is 3.53. The molecule has 2 heterocycles. The van der Waals surface area contributed by atoms with Gasteiger partial charge in [0.15, 0.2) is 0 Å². The highest BCUT2D eigenvalue weighted by atomic mass is 16.5. The monoisotopic (exact) mass is 262 g/mol. The number of aromatic nitrogens is 1. The largest absolute Gasteiger partial charge is 0.381 e. The maximum Gasteiger partial charge on any atom is 0.226 e. The van der Waals surface area contributed by atoms with E-state index in [0.29, 0.717) is 13.2 Å². The number of rotatable bonds is 4. The van der Waals surface area contributed by atoms with Crippen LogP contribution in [0, 0.1) is 5.41 Å². The first-order chi connectivity index (χ1) is 9.12. The number of ether oxygens (including phenoxy) is 1. The fourth-order valence-electron chi connectivity index (χ4n) is 2.55. The molecule has 0 bridgehead atoms. The van der Waals surface area contributed by atoms with Crippen molar-refractivity contribution in [2.45, 2.75) is 39.2 Å². The molecule has 1 fully saturated rings. The molecule has 0 aliphatic carbocycles. The van der Waals surface area contributed by atoms with Crippen molar-refractivity contribution in [3.05, 3.63) is 30.1 Å². The van der Waals surface area contributed by atoms with E-state index in [0.717, 1.165) is 24.8 Å². The van der Waals surface area contributed by atoms with Gasteiger partial charge in [-0.1, -0.05) is 0 Å². The van der Waals surface area contributed by atoms with E-state index < -0.39 is 0 Å². The molecule has 1 aromatic heterocycles. The van der Waals surface area contributed by atoms with Crippen molar-refractivity contribution in [3.8, 4) is 0 Å². The summed E-state index contributed by atoms with van der Waals surface area (Å²) in [6.45, 7) is 5.32. The summed E-state index contributed by atoms with van der Waals surface area (Å²) in [5.74, 6) is 0.155. The highest BCUT2D eigenvalue weighted by Gasteiger charge is 2.40. The van der Waals surface area contributed by atoms with Crippen LogP contribution in [0.25, 0.3) is 0 Å². The first kappa shape index (κ1) is 14.0. The molecule has 1 aliphatic rings. The lowest BCUT2D eigenvalue weighted by Crippen LogP contribution is -2.48. The minimum Gasteiger partial charge on any atom is -0.381 e. The minimum absolute atomic E-state index is 0.155. The topological polar surface area (TPSA) is 51.2 Å². The predicted molar refractivity (Wildman–Crippen MR) is 73.7 cm³/mol. The van der Waals surface area contributed by atoms with Crippen LogP contribution in [-0.4, -0.2) is 30.1 Å². The van der Waals surface area contributed by atoms with Crippen molar-refractivity contribution in [2.75, 3.05) is 13.2 Å². The van der Waals surface area contributed by atoms with E-state index in [2.05, 4.69) is 10.3 Å². The first-order valence-electron chi connectivity index (χ1n) is 6.90. The van der Waals surface area contributed by atoms with E-state index in [1.165, 1.54) is 0 Å². The van der Waals surface area contributed by atoms with E-state index in [4.69, 9.17) is 4.74 Å². The molecule has 1 aliphatic heterocycles. The Morgan fingerprint density at radius 3 is 2.58 bits per heavy atom. The molecule has 4 heteroatoms. The smallest absolute Gasteiger partial charge is 0.226 e. The second kappa shape index (κ2) is 6.15. The van der Waals surface area contributed by atoms with Crippen molar-refractivity contribution >= 4 is 5.91 Å². The van der Waals surface area contributed by atoms with Gasteiger partial charge in [0.1, 0.15) is 0 Å². The molecule has 1 aromatic rings. The molecule has 2 rings (SSSR count). The fraction of sp³-hybridized carbons (Fsp3) is 0.600. The fourth-order valence-corrected chi connectivity index (χ4v) is 2.55. The summed E-state index contributed by atoms with van der Waals surface area (Å²) in [5, 5.41) is 3.06. The summed E-state index contributed by atoms with van der Waals surface area (Å²) in [7, 11) is 0. The van der Waals surface area contributed by atoms with Gasteiger partial charge in [0.05, 0.1) is 5.41 Å². The van der Waals surface area contributed by atoms with Crippen LogP contribution in [0.15, 0.2) is 24.5 Å². The number of pyridine rings is 1. The zero-order chi connectivity index (χ0) is 13.7. The maximum absolute atomic E-state index is 12.6. The Morgan fingerprint density at radius 2 is 2.00 bits per heavy atom. The summed E-state index contributed by atoms with van der Waals surface area (Å²) in [5.41, 5.74) is 0.833. The Balaban J connectivity index is 2.17. The lowest BCUT2D eigenvalue weighted by atomic mass is 9.74. The average molecular weight is 262 g/mol. The molecule has 1 saturated heterocycles. The summed E-state index contributed by atoms with van der Waals surface area (Å²) >= 11 is 0. The highest BCUT2D eigenvalue weighted by Crippen LogP contribution is 2.34.